The van der Waals surface area contributed by atoms with Crippen molar-refractivity contribution < 1.29 is 18.0 Å². The number of amides is 1. The lowest BCUT2D eigenvalue weighted by molar-refractivity contribution is -0.137. The van der Waals surface area contributed by atoms with Gasteiger partial charge in [0.15, 0.2) is 0 Å². The van der Waals surface area contributed by atoms with Crippen molar-refractivity contribution in [1.29, 1.82) is 0 Å². The molecule has 1 aliphatic rings. The molecule has 1 amide bonds. The topological polar surface area (TPSA) is 57.8 Å². The van der Waals surface area contributed by atoms with Crippen LogP contribution in [0.4, 0.5) is 18.9 Å². The average Bonchev–Trinajstić information content (AvgIpc) is 3.18. The van der Waals surface area contributed by atoms with Crippen LogP contribution < -0.4 is 5.32 Å². The molecule has 1 aromatic heterocycles. The number of aromatic nitrogens is 2. The summed E-state index contributed by atoms with van der Waals surface area (Å²) in [5, 5.41) is 9.66. The van der Waals surface area contributed by atoms with Gasteiger partial charge >= 0.3 is 6.18 Å². The monoisotopic (exact) mass is 351 g/mol. The highest BCUT2D eigenvalue weighted by atomic mass is 19.4. The summed E-state index contributed by atoms with van der Waals surface area (Å²) in [6.07, 6.45) is 0.423. The Kier molecular flexibility index (Phi) is 4.83. The first kappa shape index (κ1) is 17.5. The van der Waals surface area contributed by atoms with Crippen molar-refractivity contribution in [2.24, 2.45) is 5.92 Å². The fourth-order valence-corrected chi connectivity index (χ4v) is 3.30. The van der Waals surface area contributed by atoms with Gasteiger partial charge in [0.2, 0.25) is 5.91 Å². The lowest BCUT2D eigenvalue weighted by Gasteiger charge is -2.11. The van der Waals surface area contributed by atoms with Gasteiger partial charge < -0.3 is 5.32 Å². The smallest absolute Gasteiger partial charge is 0.323 e. The van der Waals surface area contributed by atoms with Crippen molar-refractivity contribution in [3.05, 3.63) is 35.5 Å². The second-order valence-electron chi connectivity index (χ2n) is 6.55. The summed E-state index contributed by atoms with van der Waals surface area (Å²) in [6.45, 7) is 1.73. The molecule has 0 radical (unpaired) electrons. The highest BCUT2D eigenvalue weighted by Crippen LogP contribution is 2.35. The number of nitrogens with zero attached hydrogens (tertiary/aromatic N) is 1. The Balaban J connectivity index is 1.83. The third-order valence-electron chi connectivity index (χ3n) is 4.62. The zero-order valence-electron chi connectivity index (χ0n) is 13.9. The van der Waals surface area contributed by atoms with Gasteiger partial charge in [-0.25, -0.2) is 0 Å². The third kappa shape index (κ3) is 4.03. The van der Waals surface area contributed by atoms with E-state index in [0.29, 0.717) is 35.0 Å². The minimum atomic E-state index is -4.42. The van der Waals surface area contributed by atoms with Crippen LogP contribution in [0.15, 0.2) is 24.3 Å². The van der Waals surface area contributed by atoms with E-state index >= 15 is 0 Å². The van der Waals surface area contributed by atoms with E-state index in [1.807, 2.05) is 0 Å². The maximum Gasteiger partial charge on any atom is 0.416 e. The molecule has 7 heteroatoms. The van der Waals surface area contributed by atoms with E-state index in [1.165, 1.54) is 6.07 Å². The molecule has 4 nitrogen and oxygen atoms in total. The van der Waals surface area contributed by atoms with Crippen molar-refractivity contribution in [3.63, 3.8) is 0 Å². The standard InChI is InChI=1S/C18H20F3N3O/c1-11-16(22-15(25)9-12-5-2-3-6-12)17(24-23-11)13-7-4-8-14(10-13)18(19,20)21/h4,7-8,10,12H,2-3,5-6,9H2,1H3,(H,22,25)(H,23,24). The van der Waals surface area contributed by atoms with Gasteiger partial charge in [-0.2, -0.15) is 18.3 Å². The lowest BCUT2D eigenvalue weighted by Crippen LogP contribution is -2.16. The van der Waals surface area contributed by atoms with E-state index in [2.05, 4.69) is 15.5 Å². The summed E-state index contributed by atoms with van der Waals surface area (Å²) in [5.41, 5.74) is 0.960. The van der Waals surface area contributed by atoms with Crippen molar-refractivity contribution >= 4 is 11.6 Å². The number of anilines is 1. The van der Waals surface area contributed by atoms with Crippen molar-refractivity contribution in [1.82, 2.24) is 10.2 Å². The van der Waals surface area contributed by atoms with E-state index < -0.39 is 11.7 Å². The molecule has 134 valence electrons. The van der Waals surface area contributed by atoms with Gasteiger partial charge in [-0.3, -0.25) is 9.89 Å². The molecule has 1 fully saturated rings. The maximum absolute atomic E-state index is 12.9. The van der Waals surface area contributed by atoms with Gasteiger partial charge in [0.25, 0.3) is 0 Å². The van der Waals surface area contributed by atoms with Gasteiger partial charge in [-0.05, 0) is 37.8 Å². The number of hydrogen-bond donors (Lipinski definition) is 2. The predicted molar refractivity (Wildman–Crippen MR) is 89.0 cm³/mol. The maximum atomic E-state index is 12.9. The number of carbonyl (C=O) groups is 1. The molecular formula is C18H20F3N3O. The van der Waals surface area contributed by atoms with E-state index in [-0.39, 0.29) is 5.91 Å². The van der Waals surface area contributed by atoms with Crippen LogP contribution in [-0.2, 0) is 11.0 Å². The number of carbonyl (C=O) groups excluding carboxylic acids is 1. The number of aromatic amines is 1. The fourth-order valence-electron chi connectivity index (χ4n) is 3.30. The van der Waals surface area contributed by atoms with Gasteiger partial charge in [0, 0.05) is 12.0 Å². The first-order valence-electron chi connectivity index (χ1n) is 8.37. The summed E-state index contributed by atoms with van der Waals surface area (Å²) in [4.78, 5) is 12.3. The second-order valence-corrected chi connectivity index (χ2v) is 6.55. The molecule has 1 saturated carbocycles. The number of H-pyrrole nitrogens is 1. The summed E-state index contributed by atoms with van der Waals surface area (Å²) in [7, 11) is 0. The lowest BCUT2D eigenvalue weighted by atomic mass is 10.0. The normalized spacial score (nSPS) is 15.5. The zero-order valence-corrected chi connectivity index (χ0v) is 13.9. The minimum Gasteiger partial charge on any atom is -0.323 e. The van der Waals surface area contributed by atoms with Crippen molar-refractivity contribution in [2.75, 3.05) is 5.32 Å². The number of nitrogens with one attached hydrogen (secondary N) is 2. The van der Waals surface area contributed by atoms with E-state index in [4.69, 9.17) is 0 Å². The van der Waals surface area contributed by atoms with Gasteiger partial charge in [0.05, 0.1) is 16.9 Å². The Hall–Kier alpha value is -2.31. The van der Waals surface area contributed by atoms with Crippen LogP contribution in [-0.4, -0.2) is 16.1 Å². The minimum absolute atomic E-state index is 0.121. The SMILES string of the molecule is Cc1[nH]nc(-c2cccc(C(F)(F)F)c2)c1NC(=O)CC1CCCC1. The predicted octanol–water partition coefficient (Wildman–Crippen LogP) is 4.92. The molecule has 25 heavy (non-hydrogen) atoms. The number of benzene rings is 1. The van der Waals surface area contributed by atoms with Crippen LogP contribution in [0.3, 0.4) is 0 Å². The Labute approximate surface area is 143 Å². The van der Waals surface area contributed by atoms with E-state index in [0.717, 1.165) is 37.8 Å². The molecule has 3 rings (SSSR count). The molecular weight excluding hydrogens is 331 g/mol. The summed E-state index contributed by atoms with van der Waals surface area (Å²) in [6, 6.07) is 4.95. The van der Waals surface area contributed by atoms with E-state index in [1.54, 1.807) is 13.0 Å². The highest BCUT2D eigenvalue weighted by Gasteiger charge is 2.31. The molecule has 1 heterocycles. The van der Waals surface area contributed by atoms with Gasteiger partial charge in [-0.15, -0.1) is 0 Å². The first-order valence-corrected chi connectivity index (χ1v) is 8.37. The van der Waals surface area contributed by atoms with Crippen LogP contribution in [0, 0.1) is 12.8 Å². The number of halogens is 3. The van der Waals surface area contributed by atoms with Crippen molar-refractivity contribution in [3.8, 4) is 11.3 Å². The van der Waals surface area contributed by atoms with Crippen LogP contribution in [0.1, 0.15) is 43.4 Å². The fraction of sp³-hybridized carbons (Fsp3) is 0.444. The summed E-state index contributed by atoms with van der Waals surface area (Å²) in [5.74, 6) is 0.272. The van der Waals surface area contributed by atoms with Crippen LogP contribution in [0.25, 0.3) is 11.3 Å². The average molecular weight is 351 g/mol. The largest absolute Gasteiger partial charge is 0.416 e. The Morgan fingerprint density at radius 2 is 2.04 bits per heavy atom. The summed E-state index contributed by atoms with van der Waals surface area (Å²) >= 11 is 0. The van der Waals surface area contributed by atoms with Crippen LogP contribution >= 0.6 is 0 Å². The number of aryl methyl sites for hydroxylation is 1. The third-order valence-corrected chi connectivity index (χ3v) is 4.62. The Bertz CT molecular complexity index is 761. The molecule has 1 aliphatic carbocycles. The molecule has 0 atom stereocenters. The quantitative estimate of drug-likeness (QED) is 0.821. The highest BCUT2D eigenvalue weighted by molar-refractivity contribution is 5.95. The molecule has 0 saturated heterocycles. The molecule has 0 bridgehead atoms. The zero-order chi connectivity index (χ0) is 18.0. The molecule has 1 aromatic carbocycles. The molecule has 0 unspecified atom stereocenters. The number of rotatable bonds is 4. The van der Waals surface area contributed by atoms with Crippen LogP contribution in [0.5, 0.6) is 0 Å². The van der Waals surface area contributed by atoms with E-state index in [9.17, 15) is 18.0 Å². The number of hydrogen-bond acceptors (Lipinski definition) is 2. The van der Waals surface area contributed by atoms with Crippen LogP contribution in [0.2, 0.25) is 0 Å². The first-order chi connectivity index (χ1) is 11.8. The molecule has 0 aliphatic heterocycles. The van der Waals surface area contributed by atoms with Gasteiger partial charge in [-0.1, -0.05) is 25.0 Å². The molecule has 2 N–H and O–H groups in total. The Morgan fingerprint density at radius 3 is 2.72 bits per heavy atom. The molecule has 2 aromatic rings. The van der Waals surface area contributed by atoms with Crippen molar-refractivity contribution in [2.45, 2.75) is 45.2 Å². The second kappa shape index (κ2) is 6.90. The Morgan fingerprint density at radius 1 is 1.32 bits per heavy atom. The number of alkyl halides is 3. The van der Waals surface area contributed by atoms with Gasteiger partial charge in [0.1, 0.15) is 5.69 Å². The molecule has 0 spiro atoms. The summed E-state index contributed by atoms with van der Waals surface area (Å²) < 4.78 is 38.8.